The molecule has 9 heteroatoms. The Morgan fingerprint density at radius 1 is 1.19 bits per heavy atom. The predicted molar refractivity (Wildman–Crippen MR) is 106 cm³/mol. The third-order valence-corrected chi connectivity index (χ3v) is 5.66. The minimum Gasteiger partial charge on any atom is -0.469 e. The van der Waals surface area contributed by atoms with Gasteiger partial charge in [-0.15, -0.1) is 22.7 Å². The number of hydrogen-bond donors (Lipinski definition) is 2. The standard InChI is InChI=1S/C18H18N4O3S2/c1-11-14(27-16(20-11)12-6-4-3-5-7-12)9-19-17(24)22-18-21-13(10-26-18)8-15(23)25-2/h3-7,10H,8-9H2,1-2H3,(H2,19,21,22,24). The first-order chi connectivity index (χ1) is 13.0. The Bertz CT molecular complexity index is 937. The van der Waals surface area contributed by atoms with E-state index in [2.05, 4.69) is 25.3 Å². The van der Waals surface area contributed by atoms with Gasteiger partial charge in [-0.05, 0) is 6.92 Å². The fourth-order valence-corrected chi connectivity index (χ4v) is 3.98. The van der Waals surface area contributed by atoms with Crippen molar-refractivity contribution in [1.82, 2.24) is 15.3 Å². The number of rotatable bonds is 6. The van der Waals surface area contributed by atoms with Crippen molar-refractivity contribution in [3.63, 3.8) is 0 Å². The lowest BCUT2D eigenvalue weighted by atomic mass is 10.2. The van der Waals surface area contributed by atoms with Crippen molar-refractivity contribution in [3.8, 4) is 10.6 Å². The lowest BCUT2D eigenvalue weighted by molar-refractivity contribution is -0.139. The molecule has 140 valence electrons. The van der Waals surface area contributed by atoms with E-state index in [1.165, 1.54) is 18.4 Å². The van der Waals surface area contributed by atoms with E-state index in [0.29, 0.717) is 17.4 Å². The summed E-state index contributed by atoms with van der Waals surface area (Å²) in [6, 6.07) is 9.57. The number of ether oxygens (including phenoxy) is 1. The maximum absolute atomic E-state index is 12.1. The van der Waals surface area contributed by atoms with Gasteiger partial charge in [-0.2, -0.15) is 0 Å². The van der Waals surface area contributed by atoms with Crippen LogP contribution in [0, 0.1) is 6.92 Å². The predicted octanol–water partition coefficient (Wildman–Crippen LogP) is 3.61. The first kappa shape index (κ1) is 19.0. The zero-order valence-electron chi connectivity index (χ0n) is 14.8. The van der Waals surface area contributed by atoms with Crippen molar-refractivity contribution in [1.29, 1.82) is 0 Å². The summed E-state index contributed by atoms with van der Waals surface area (Å²) >= 11 is 2.81. The second-order valence-electron chi connectivity index (χ2n) is 5.60. The maximum atomic E-state index is 12.1. The number of nitrogens with zero attached hydrogens (tertiary/aromatic N) is 2. The van der Waals surface area contributed by atoms with Gasteiger partial charge >= 0.3 is 12.0 Å². The minimum absolute atomic E-state index is 0.0820. The van der Waals surface area contributed by atoms with Gasteiger partial charge in [0.15, 0.2) is 5.13 Å². The number of amides is 2. The molecule has 3 rings (SSSR count). The molecular weight excluding hydrogens is 384 g/mol. The molecule has 0 aliphatic carbocycles. The fraction of sp³-hybridized carbons (Fsp3) is 0.222. The number of methoxy groups -OCH3 is 1. The van der Waals surface area contributed by atoms with E-state index in [1.54, 1.807) is 16.7 Å². The number of thiazole rings is 2. The number of nitrogens with one attached hydrogen (secondary N) is 2. The van der Waals surface area contributed by atoms with Crippen LogP contribution in [0.3, 0.4) is 0 Å². The fourth-order valence-electron chi connectivity index (χ4n) is 2.26. The molecule has 0 fully saturated rings. The summed E-state index contributed by atoms with van der Waals surface area (Å²) in [6.45, 7) is 2.31. The first-order valence-corrected chi connectivity index (χ1v) is 9.82. The third kappa shape index (κ3) is 5.11. The molecule has 2 amide bonds. The number of urea groups is 1. The number of aromatic nitrogens is 2. The Hall–Kier alpha value is -2.78. The van der Waals surface area contributed by atoms with E-state index in [0.717, 1.165) is 21.1 Å². The van der Waals surface area contributed by atoms with Crippen molar-refractivity contribution < 1.29 is 14.3 Å². The highest BCUT2D eigenvalue weighted by Gasteiger charge is 2.12. The first-order valence-electron chi connectivity index (χ1n) is 8.13. The number of hydrogen-bond acceptors (Lipinski definition) is 7. The Labute approximate surface area is 164 Å². The minimum atomic E-state index is -0.369. The molecule has 27 heavy (non-hydrogen) atoms. The smallest absolute Gasteiger partial charge is 0.321 e. The molecule has 7 nitrogen and oxygen atoms in total. The number of aryl methyl sites for hydroxylation is 1. The molecule has 2 heterocycles. The molecular formula is C18H18N4O3S2. The number of esters is 1. The van der Waals surface area contributed by atoms with Crippen LogP contribution in [0.4, 0.5) is 9.93 Å². The van der Waals surface area contributed by atoms with Gasteiger partial charge in [0.1, 0.15) is 5.01 Å². The van der Waals surface area contributed by atoms with Gasteiger partial charge in [-0.25, -0.2) is 14.8 Å². The van der Waals surface area contributed by atoms with Crippen LogP contribution >= 0.6 is 22.7 Å². The van der Waals surface area contributed by atoms with Crippen molar-refractivity contribution >= 4 is 39.8 Å². The van der Waals surface area contributed by atoms with Gasteiger partial charge in [0.05, 0.1) is 31.5 Å². The number of anilines is 1. The molecule has 2 N–H and O–H groups in total. The number of benzene rings is 1. The van der Waals surface area contributed by atoms with Gasteiger partial charge in [-0.3, -0.25) is 10.1 Å². The topological polar surface area (TPSA) is 93.2 Å². The van der Waals surface area contributed by atoms with Crippen molar-refractivity contribution in [2.45, 2.75) is 19.9 Å². The van der Waals surface area contributed by atoms with E-state index in [4.69, 9.17) is 0 Å². The van der Waals surface area contributed by atoms with Crippen molar-refractivity contribution in [2.75, 3.05) is 12.4 Å². The van der Waals surface area contributed by atoms with Crippen LogP contribution in [-0.4, -0.2) is 29.1 Å². The lowest BCUT2D eigenvalue weighted by Gasteiger charge is -2.04. The molecule has 0 atom stereocenters. The molecule has 0 bridgehead atoms. The number of carbonyl (C=O) groups excluding carboxylic acids is 2. The summed E-state index contributed by atoms with van der Waals surface area (Å²) in [5.41, 5.74) is 2.52. The molecule has 0 saturated heterocycles. The second-order valence-corrected chi connectivity index (χ2v) is 7.54. The van der Waals surface area contributed by atoms with Crippen LogP contribution in [0.1, 0.15) is 16.3 Å². The average Bonchev–Trinajstić information content (AvgIpc) is 3.27. The molecule has 0 aliphatic heterocycles. The van der Waals surface area contributed by atoms with E-state index < -0.39 is 0 Å². The highest BCUT2D eigenvalue weighted by Crippen LogP contribution is 2.27. The monoisotopic (exact) mass is 402 g/mol. The van der Waals surface area contributed by atoms with Crippen LogP contribution < -0.4 is 10.6 Å². The Morgan fingerprint density at radius 2 is 1.96 bits per heavy atom. The lowest BCUT2D eigenvalue weighted by Crippen LogP contribution is -2.28. The molecule has 0 radical (unpaired) electrons. The summed E-state index contributed by atoms with van der Waals surface area (Å²) in [5.74, 6) is -0.369. The molecule has 0 aliphatic rings. The summed E-state index contributed by atoms with van der Waals surface area (Å²) in [6.07, 6.45) is 0.0820. The van der Waals surface area contributed by atoms with Crippen LogP contribution in [0.5, 0.6) is 0 Å². The summed E-state index contributed by atoms with van der Waals surface area (Å²) in [7, 11) is 1.33. The zero-order chi connectivity index (χ0) is 19.2. The van der Waals surface area contributed by atoms with Gasteiger partial charge in [0.25, 0.3) is 0 Å². The van der Waals surface area contributed by atoms with E-state index in [-0.39, 0.29) is 18.4 Å². The highest BCUT2D eigenvalue weighted by molar-refractivity contribution is 7.15. The largest absolute Gasteiger partial charge is 0.469 e. The van der Waals surface area contributed by atoms with Gasteiger partial charge < -0.3 is 10.1 Å². The summed E-state index contributed by atoms with van der Waals surface area (Å²) in [4.78, 5) is 33.1. The molecule has 3 aromatic rings. The molecule has 1 aromatic carbocycles. The normalized spacial score (nSPS) is 10.4. The highest BCUT2D eigenvalue weighted by atomic mass is 32.1. The van der Waals surface area contributed by atoms with E-state index in [9.17, 15) is 9.59 Å². The van der Waals surface area contributed by atoms with Crippen LogP contribution in [0.15, 0.2) is 35.7 Å². The van der Waals surface area contributed by atoms with E-state index in [1.807, 2.05) is 37.3 Å². The van der Waals surface area contributed by atoms with Crippen molar-refractivity contribution in [3.05, 3.63) is 52.0 Å². The number of carbonyl (C=O) groups is 2. The van der Waals surface area contributed by atoms with E-state index >= 15 is 0 Å². The second kappa shape index (κ2) is 8.74. The Kier molecular flexibility index (Phi) is 6.15. The third-order valence-electron chi connectivity index (χ3n) is 3.65. The quantitative estimate of drug-likeness (QED) is 0.615. The van der Waals surface area contributed by atoms with Crippen molar-refractivity contribution in [2.24, 2.45) is 0 Å². The van der Waals surface area contributed by atoms with Gasteiger partial charge in [-0.1, -0.05) is 30.3 Å². The maximum Gasteiger partial charge on any atom is 0.321 e. The average molecular weight is 403 g/mol. The summed E-state index contributed by atoms with van der Waals surface area (Å²) < 4.78 is 4.60. The van der Waals surface area contributed by atoms with Crippen LogP contribution in [0.2, 0.25) is 0 Å². The summed E-state index contributed by atoms with van der Waals surface area (Å²) in [5, 5.41) is 8.55. The van der Waals surface area contributed by atoms with Crippen LogP contribution in [0.25, 0.3) is 10.6 Å². The van der Waals surface area contributed by atoms with Gasteiger partial charge in [0.2, 0.25) is 0 Å². The Morgan fingerprint density at radius 3 is 2.70 bits per heavy atom. The van der Waals surface area contributed by atoms with Gasteiger partial charge in [0, 0.05) is 15.8 Å². The Balaban J connectivity index is 1.55. The molecule has 0 saturated carbocycles. The van der Waals surface area contributed by atoms with Crippen LogP contribution in [-0.2, 0) is 22.5 Å². The molecule has 2 aromatic heterocycles. The molecule has 0 spiro atoms. The molecule has 0 unspecified atom stereocenters. The zero-order valence-corrected chi connectivity index (χ0v) is 16.4. The SMILES string of the molecule is COC(=O)Cc1csc(NC(=O)NCc2sc(-c3ccccc3)nc2C)n1.